The molecule has 4 nitrogen and oxygen atoms in total. The van der Waals surface area contributed by atoms with Gasteiger partial charge >= 0.3 is 0 Å². The molecule has 0 radical (unpaired) electrons. The highest BCUT2D eigenvalue weighted by Gasteiger charge is 2.13. The summed E-state index contributed by atoms with van der Waals surface area (Å²) in [5, 5.41) is 1.81. The number of nitrogens with zero attached hydrogens (tertiary/aromatic N) is 3. The monoisotopic (exact) mass is 320 g/mol. The molecule has 0 fully saturated rings. The Labute approximate surface area is 138 Å². The molecule has 0 amide bonds. The van der Waals surface area contributed by atoms with Crippen molar-refractivity contribution in [1.82, 2.24) is 14.5 Å². The summed E-state index contributed by atoms with van der Waals surface area (Å²) in [7, 11) is 0. The van der Waals surface area contributed by atoms with Crippen molar-refractivity contribution in [1.29, 1.82) is 0 Å². The molecule has 3 aromatic heterocycles. The van der Waals surface area contributed by atoms with Crippen molar-refractivity contribution in [3.05, 3.63) is 72.3 Å². The summed E-state index contributed by atoms with van der Waals surface area (Å²) in [6.45, 7) is 0. The van der Waals surface area contributed by atoms with Crippen LogP contribution in [0.15, 0.2) is 67.3 Å². The smallest absolute Gasteiger partial charge is 0.0718 e. The van der Waals surface area contributed by atoms with Crippen LogP contribution in [0.5, 0.6) is 0 Å². The quantitative estimate of drug-likeness (QED) is 0.598. The van der Waals surface area contributed by atoms with Crippen molar-refractivity contribution in [2.75, 3.05) is 5.73 Å². The number of hydrogen-bond donors (Lipinski definition) is 1. The second kappa shape index (κ2) is 5.41. The second-order valence-corrected chi connectivity index (χ2v) is 5.72. The van der Waals surface area contributed by atoms with E-state index in [0.29, 0.717) is 10.7 Å². The number of aromatic nitrogens is 3. The molecule has 0 aliphatic heterocycles. The first kappa shape index (κ1) is 13.8. The fourth-order valence-corrected chi connectivity index (χ4v) is 2.85. The zero-order valence-corrected chi connectivity index (χ0v) is 12.9. The lowest BCUT2D eigenvalue weighted by Gasteiger charge is -2.11. The van der Waals surface area contributed by atoms with Crippen LogP contribution in [-0.2, 0) is 0 Å². The Kier molecular flexibility index (Phi) is 3.24. The van der Waals surface area contributed by atoms with Gasteiger partial charge in [-0.3, -0.25) is 9.97 Å². The number of rotatable bonds is 2. The maximum atomic E-state index is 6.02. The Bertz CT molecular complexity index is 990. The van der Waals surface area contributed by atoms with Gasteiger partial charge in [0, 0.05) is 40.3 Å². The fraction of sp³-hybridized carbons (Fsp3) is 0. The first-order valence-corrected chi connectivity index (χ1v) is 7.52. The summed E-state index contributed by atoms with van der Waals surface area (Å²) in [4.78, 5) is 8.46. The summed E-state index contributed by atoms with van der Waals surface area (Å²) < 4.78 is 2.13. The summed E-state index contributed by atoms with van der Waals surface area (Å²) in [5.74, 6) is 0. The molecule has 4 aromatic rings. The molecule has 0 unspecified atom stereocenters. The van der Waals surface area contributed by atoms with Crippen molar-refractivity contribution >= 4 is 28.2 Å². The van der Waals surface area contributed by atoms with Gasteiger partial charge in [0.15, 0.2) is 0 Å². The van der Waals surface area contributed by atoms with Crippen molar-refractivity contribution in [3.8, 4) is 16.9 Å². The minimum Gasteiger partial charge on any atom is -0.397 e. The predicted octanol–water partition coefficient (Wildman–Crippen LogP) is 4.32. The van der Waals surface area contributed by atoms with Crippen LogP contribution in [0.2, 0.25) is 5.02 Å². The minimum absolute atomic E-state index is 0.633. The van der Waals surface area contributed by atoms with Gasteiger partial charge in [0.25, 0.3) is 0 Å². The van der Waals surface area contributed by atoms with Crippen LogP contribution < -0.4 is 5.73 Å². The highest BCUT2D eigenvalue weighted by molar-refractivity contribution is 6.30. The average molecular weight is 321 g/mol. The lowest BCUT2D eigenvalue weighted by atomic mass is 10.2. The molecule has 0 saturated heterocycles. The van der Waals surface area contributed by atoms with Crippen LogP contribution in [0, 0.1) is 0 Å². The number of anilines is 1. The Morgan fingerprint density at radius 1 is 0.913 bits per heavy atom. The normalized spacial score (nSPS) is 11.0. The number of nitrogens with two attached hydrogens (primary N) is 1. The van der Waals surface area contributed by atoms with Gasteiger partial charge in [0.2, 0.25) is 0 Å². The summed E-state index contributed by atoms with van der Waals surface area (Å²) in [6, 6.07) is 13.7. The maximum Gasteiger partial charge on any atom is 0.0718 e. The zero-order valence-electron chi connectivity index (χ0n) is 12.1. The Morgan fingerprint density at radius 3 is 2.52 bits per heavy atom. The molecule has 0 aliphatic rings. The molecule has 23 heavy (non-hydrogen) atoms. The summed E-state index contributed by atoms with van der Waals surface area (Å²) in [5.41, 5.74) is 10.5. The van der Waals surface area contributed by atoms with Crippen LogP contribution in [0.1, 0.15) is 0 Å². The van der Waals surface area contributed by atoms with Crippen molar-refractivity contribution < 1.29 is 0 Å². The fourth-order valence-electron chi connectivity index (χ4n) is 2.73. The van der Waals surface area contributed by atoms with Gasteiger partial charge in [-0.25, -0.2) is 0 Å². The summed E-state index contributed by atoms with van der Waals surface area (Å²) >= 11 is 6.02. The van der Waals surface area contributed by atoms with Gasteiger partial charge in [-0.15, -0.1) is 0 Å². The van der Waals surface area contributed by atoms with E-state index in [9.17, 15) is 0 Å². The van der Waals surface area contributed by atoms with Crippen molar-refractivity contribution in [3.63, 3.8) is 0 Å². The third kappa shape index (κ3) is 2.43. The van der Waals surface area contributed by atoms with Crippen LogP contribution in [0.3, 0.4) is 0 Å². The Hall–Kier alpha value is -2.85. The molecule has 0 saturated carbocycles. The van der Waals surface area contributed by atoms with Crippen LogP contribution >= 0.6 is 11.6 Å². The van der Waals surface area contributed by atoms with Crippen LogP contribution in [0.4, 0.5) is 5.69 Å². The van der Waals surface area contributed by atoms with Crippen molar-refractivity contribution in [2.24, 2.45) is 0 Å². The highest BCUT2D eigenvalue weighted by Crippen LogP contribution is 2.31. The van der Waals surface area contributed by atoms with E-state index in [2.05, 4.69) is 20.6 Å². The molecule has 0 bridgehead atoms. The standard InChI is InChI=1S/C18H13ClN4/c19-14-1-3-16(4-2-14)23-17(13-7-15(20)10-22-9-13)8-12-5-6-21-11-18(12)23/h1-11H,20H2. The van der Waals surface area contributed by atoms with Crippen LogP contribution in [0.25, 0.3) is 27.8 Å². The van der Waals surface area contributed by atoms with E-state index >= 15 is 0 Å². The van der Waals surface area contributed by atoms with E-state index < -0.39 is 0 Å². The minimum atomic E-state index is 0.633. The molecule has 2 N–H and O–H groups in total. The van der Waals surface area contributed by atoms with Gasteiger partial charge in [0.05, 0.1) is 23.1 Å². The topological polar surface area (TPSA) is 56.7 Å². The van der Waals surface area contributed by atoms with Gasteiger partial charge in [-0.05, 0) is 42.5 Å². The number of benzene rings is 1. The molecule has 3 heterocycles. The molecule has 4 rings (SSSR count). The molecule has 0 atom stereocenters. The van der Waals surface area contributed by atoms with E-state index in [0.717, 1.165) is 27.8 Å². The third-order valence-corrected chi connectivity index (χ3v) is 4.00. The SMILES string of the molecule is Nc1cncc(-c2cc3ccncc3n2-c2ccc(Cl)cc2)c1. The Balaban J connectivity index is 2.04. The van der Waals surface area contributed by atoms with Gasteiger partial charge in [0.1, 0.15) is 0 Å². The largest absolute Gasteiger partial charge is 0.397 e. The van der Waals surface area contributed by atoms with E-state index in [1.807, 2.05) is 48.8 Å². The first-order valence-electron chi connectivity index (χ1n) is 7.15. The molecular weight excluding hydrogens is 308 g/mol. The zero-order chi connectivity index (χ0) is 15.8. The maximum absolute atomic E-state index is 6.02. The molecule has 112 valence electrons. The number of pyridine rings is 2. The molecule has 0 aliphatic carbocycles. The number of nitrogen functional groups attached to an aromatic ring is 1. The van der Waals surface area contributed by atoms with E-state index in [1.165, 1.54) is 0 Å². The van der Waals surface area contributed by atoms with Gasteiger partial charge in [-0.1, -0.05) is 11.6 Å². The highest BCUT2D eigenvalue weighted by atomic mass is 35.5. The van der Waals surface area contributed by atoms with E-state index in [-0.39, 0.29) is 0 Å². The summed E-state index contributed by atoms with van der Waals surface area (Å²) in [6.07, 6.45) is 7.09. The number of hydrogen-bond acceptors (Lipinski definition) is 3. The molecule has 1 aromatic carbocycles. The lowest BCUT2D eigenvalue weighted by molar-refractivity contribution is 1.12. The Morgan fingerprint density at radius 2 is 1.74 bits per heavy atom. The molecular formula is C18H13ClN4. The molecule has 0 spiro atoms. The second-order valence-electron chi connectivity index (χ2n) is 5.28. The number of halogens is 1. The van der Waals surface area contributed by atoms with Gasteiger partial charge < -0.3 is 10.3 Å². The third-order valence-electron chi connectivity index (χ3n) is 3.75. The van der Waals surface area contributed by atoms with Gasteiger partial charge in [-0.2, -0.15) is 0 Å². The lowest BCUT2D eigenvalue weighted by Crippen LogP contribution is -1.97. The molecule has 5 heteroatoms. The number of fused-ring (bicyclic) bond motifs is 1. The average Bonchev–Trinajstić information content (AvgIpc) is 2.95. The van der Waals surface area contributed by atoms with E-state index in [1.54, 1.807) is 12.4 Å². The first-order chi connectivity index (χ1) is 11.2. The van der Waals surface area contributed by atoms with E-state index in [4.69, 9.17) is 17.3 Å². The van der Waals surface area contributed by atoms with Crippen molar-refractivity contribution in [2.45, 2.75) is 0 Å². The van der Waals surface area contributed by atoms with Crippen LogP contribution in [-0.4, -0.2) is 14.5 Å². The predicted molar refractivity (Wildman–Crippen MR) is 93.7 cm³/mol.